The third kappa shape index (κ3) is 9.43. The molecule has 3 N–H and O–H groups in total. The van der Waals surface area contributed by atoms with Crippen LogP contribution in [-0.4, -0.2) is 25.4 Å². The molecular weight excluding hydrogens is 540 g/mol. The molecule has 0 saturated heterocycles. The number of hydrogen-bond donors (Lipinski definition) is 2. The largest absolute Gasteiger partial charge is 0.496 e. The van der Waals surface area contributed by atoms with E-state index < -0.39 is 5.24 Å². The standard InChI is InChI=1S/C16H14N2O2.C8H7ClO2.C8H8N2/c1-11-7-8-12(10-17)14(9-11)18-16(19)13-5-3-4-6-15(13)20-2;1-11-7-5-3-2-4-6(7)8(9)10;1-6-2-3-7(5-9)8(10)4-6/h3-9H,1-2H3,(H,18,19);2-5H,1H3;2-4H,10H2,1H3. The highest BCUT2D eigenvalue weighted by Gasteiger charge is 2.13. The number of benzene rings is 4. The molecule has 0 aliphatic carbocycles. The molecule has 0 spiro atoms. The average molecular weight is 569 g/mol. The molecule has 4 aromatic rings. The second kappa shape index (κ2) is 15.9. The van der Waals surface area contributed by atoms with Crippen molar-refractivity contribution in [3.63, 3.8) is 0 Å². The zero-order valence-corrected chi connectivity index (χ0v) is 23.8. The lowest BCUT2D eigenvalue weighted by Gasteiger charge is -2.10. The fourth-order valence-electron chi connectivity index (χ4n) is 3.47. The summed E-state index contributed by atoms with van der Waals surface area (Å²) < 4.78 is 10.1. The molecule has 0 unspecified atom stereocenters. The molecule has 0 aliphatic heterocycles. The van der Waals surface area contributed by atoms with Crippen LogP contribution in [0.4, 0.5) is 11.4 Å². The van der Waals surface area contributed by atoms with Gasteiger partial charge in [-0.1, -0.05) is 36.4 Å². The van der Waals surface area contributed by atoms with Crippen molar-refractivity contribution in [2.45, 2.75) is 13.8 Å². The Morgan fingerprint density at radius 3 is 1.73 bits per heavy atom. The summed E-state index contributed by atoms with van der Waals surface area (Å²) in [6, 6.07) is 28.5. The van der Waals surface area contributed by atoms with Crippen LogP contribution in [0, 0.1) is 36.5 Å². The van der Waals surface area contributed by atoms with Crippen LogP contribution in [0.2, 0.25) is 0 Å². The second-order valence-electron chi connectivity index (χ2n) is 8.49. The number of carbonyl (C=O) groups excluding carboxylic acids is 2. The van der Waals surface area contributed by atoms with Gasteiger partial charge in [-0.2, -0.15) is 10.5 Å². The lowest BCUT2D eigenvalue weighted by Crippen LogP contribution is -2.14. The molecule has 0 aromatic heterocycles. The van der Waals surface area contributed by atoms with Crippen LogP contribution in [-0.2, 0) is 0 Å². The van der Waals surface area contributed by atoms with Crippen molar-refractivity contribution in [2.75, 3.05) is 25.3 Å². The Balaban J connectivity index is 0.000000236. The van der Waals surface area contributed by atoms with Gasteiger partial charge < -0.3 is 20.5 Å². The minimum absolute atomic E-state index is 0.301. The number of methoxy groups -OCH3 is 2. The Kier molecular flexibility index (Phi) is 12.4. The first-order valence-electron chi connectivity index (χ1n) is 12.2. The Hall–Kier alpha value is -5.31. The number of hydrogen-bond acceptors (Lipinski definition) is 7. The van der Waals surface area contributed by atoms with Crippen LogP contribution in [0.5, 0.6) is 11.5 Å². The number of carbonyl (C=O) groups is 2. The number of nitrogens with zero attached hydrogens (tertiary/aromatic N) is 2. The van der Waals surface area contributed by atoms with E-state index in [1.807, 2.05) is 32.0 Å². The topological polar surface area (TPSA) is 138 Å². The summed E-state index contributed by atoms with van der Waals surface area (Å²) in [5.41, 5.74) is 10.4. The van der Waals surface area contributed by atoms with Gasteiger partial charge in [-0.25, -0.2) is 0 Å². The highest BCUT2D eigenvalue weighted by atomic mass is 35.5. The summed E-state index contributed by atoms with van der Waals surface area (Å²) >= 11 is 5.27. The van der Waals surface area contributed by atoms with E-state index in [1.54, 1.807) is 72.8 Å². The van der Waals surface area contributed by atoms with Gasteiger partial charge in [0.15, 0.2) is 0 Å². The molecule has 4 aromatic carbocycles. The van der Waals surface area contributed by atoms with Gasteiger partial charge in [-0.3, -0.25) is 9.59 Å². The molecule has 0 saturated carbocycles. The molecular formula is C32H29ClN4O4. The smallest absolute Gasteiger partial charge is 0.259 e. The van der Waals surface area contributed by atoms with Gasteiger partial charge in [0.1, 0.15) is 23.6 Å². The fraction of sp³-hybridized carbons (Fsp3) is 0.125. The number of para-hydroxylation sites is 2. The third-order valence-electron chi connectivity index (χ3n) is 5.54. The van der Waals surface area contributed by atoms with E-state index in [0.29, 0.717) is 45.1 Å². The number of nitrogens with two attached hydrogens (primary N) is 1. The number of nitrogens with one attached hydrogen (secondary N) is 1. The monoisotopic (exact) mass is 568 g/mol. The number of anilines is 2. The van der Waals surface area contributed by atoms with Crippen LogP contribution in [0.1, 0.15) is 43.0 Å². The molecule has 9 heteroatoms. The maximum Gasteiger partial charge on any atom is 0.259 e. The molecule has 8 nitrogen and oxygen atoms in total. The number of halogens is 1. The Bertz CT molecular complexity index is 1610. The predicted octanol–water partition coefficient (Wildman–Crippen LogP) is 6.65. The molecule has 0 radical (unpaired) electrons. The van der Waals surface area contributed by atoms with Crippen LogP contribution < -0.4 is 20.5 Å². The van der Waals surface area contributed by atoms with Crippen molar-refractivity contribution >= 4 is 34.1 Å². The van der Waals surface area contributed by atoms with Crippen LogP contribution in [0.25, 0.3) is 0 Å². The first kappa shape index (κ1) is 31.9. The molecule has 4 rings (SSSR count). The minimum Gasteiger partial charge on any atom is -0.496 e. The van der Waals surface area contributed by atoms with E-state index in [-0.39, 0.29) is 5.91 Å². The highest BCUT2D eigenvalue weighted by Crippen LogP contribution is 2.22. The SMILES string of the molecule is COc1ccccc1C(=O)Cl.COc1ccccc1C(=O)Nc1cc(C)ccc1C#N.Cc1ccc(C#N)c(N)c1. The van der Waals surface area contributed by atoms with E-state index in [9.17, 15) is 9.59 Å². The van der Waals surface area contributed by atoms with Crippen molar-refractivity contribution in [3.05, 3.63) is 118 Å². The molecule has 208 valence electrons. The molecule has 0 fully saturated rings. The fourth-order valence-corrected chi connectivity index (χ4v) is 3.63. The maximum absolute atomic E-state index is 12.3. The lowest BCUT2D eigenvalue weighted by atomic mass is 10.1. The summed E-state index contributed by atoms with van der Waals surface area (Å²) in [6.07, 6.45) is 0. The zero-order valence-electron chi connectivity index (χ0n) is 23.1. The lowest BCUT2D eigenvalue weighted by molar-refractivity contribution is 0.102. The molecule has 0 bridgehead atoms. The van der Waals surface area contributed by atoms with Gasteiger partial charge in [0.25, 0.3) is 11.1 Å². The van der Waals surface area contributed by atoms with Gasteiger partial charge >= 0.3 is 0 Å². The number of ether oxygens (including phenoxy) is 2. The quantitative estimate of drug-likeness (QED) is 0.203. The van der Waals surface area contributed by atoms with Crippen molar-refractivity contribution in [1.82, 2.24) is 0 Å². The van der Waals surface area contributed by atoms with Gasteiger partial charge in [0, 0.05) is 5.69 Å². The van der Waals surface area contributed by atoms with Crippen molar-refractivity contribution in [3.8, 4) is 23.6 Å². The minimum atomic E-state index is -0.498. The van der Waals surface area contributed by atoms with E-state index >= 15 is 0 Å². The Morgan fingerprint density at radius 2 is 1.24 bits per heavy atom. The number of aryl methyl sites for hydroxylation is 2. The van der Waals surface area contributed by atoms with E-state index in [2.05, 4.69) is 11.4 Å². The summed E-state index contributed by atoms with van der Waals surface area (Å²) in [4.78, 5) is 23.0. The van der Waals surface area contributed by atoms with E-state index in [0.717, 1.165) is 11.1 Å². The molecule has 0 atom stereocenters. The molecule has 41 heavy (non-hydrogen) atoms. The summed E-state index contributed by atoms with van der Waals surface area (Å²) in [5, 5.41) is 19.8. The Morgan fingerprint density at radius 1 is 0.756 bits per heavy atom. The summed E-state index contributed by atoms with van der Waals surface area (Å²) in [6.45, 7) is 3.84. The number of nitrogen functional groups attached to an aromatic ring is 1. The maximum atomic E-state index is 12.3. The van der Waals surface area contributed by atoms with Crippen molar-refractivity contribution in [2.24, 2.45) is 0 Å². The zero-order chi connectivity index (χ0) is 30.4. The second-order valence-corrected chi connectivity index (χ2v) is 8.84. The van der Waals surface area contributed by atoms with Crippen LogP contribution in [0.3, 0.4) is 0 Å². The molecule has 1 amide bonds. The third-order valence-corrected chi connectivity index (χ3v) is 5.75. The van der Waals surface area contributed by atoms with Crippen molar-refractivity contribution < 1.29 is 19.1 Å². The molecule has 0 heterocycles. The van der Waals surface area contributed by atoms with Crippen LogP contribution in [0.15, 0.2) is 84.9 Å². The first-order valence-corrected chi connectivity index (χ1v) is 12.6. The number of amides is 1. The van der Waals surface area contributed by atoms with Gasteiger partial charge in [-0.15, -0.1) is 0 Å². The Labute approximate surface area is 244 Å². The summed E-state index contributed by atoms with van der Waals surface area (Å²) in [7, 11) is 3.01. The summed E-state index contributed by atoms with van der Waals surface area (Å²) in [5.74, 6) is 0.702. The van der Waals surface area contributed by atoms with E-state index in [4.69, 9.17) is 37.3 Å². The van der Waals surface area contributed by atoms with Gasteiger partial charge in [0.2, 0.25) is 0 Å². The molecule has 0 aliphatic rings. The van der Waals surface area contributed by atoms with Crippen LogP contribution >= 0.6 is 11.6 Å². The van der Waals surface area contributed by atoms with Crippen molar-refractivity contribution in [1.29, 1.82) is 10.5 Å². The van der Waals surface area contributed by atoms with Gasteiger partial charge in [-0.05, 0) is 85.1 Å². The van der Waals surface area contributed by atoms with Gasteiger partial charge in [0.05, 0.1) is 42.2 Å². The highest BCUT2D eigenvalue weighted by molar-refractivity contribution is 6.68. The predicted molar refractivity (Wildman–Crippen MR) is 160 cm³/mol. The normalized spacial score (nSPS) is 9.34. The van der Waals surface area contributed by atoms with E-state index in [1.165, 1.54) is 14.2 Å². The number of nitriles is 2. The average Bonchev–Trinajstić information content (AvgIpc) is 2.98. The number of rotatable bonds is 5. The first-order chi connectivity index (χ1) is 19.6.